The molecule has 0 aliphatic carbocycles. The van der Waals surface area contributed by atoms with Crippen molar-refractivity contribution in [3.05, 3.63) is 30.4 Å². The van der Waals surface area contributed by atoms with Crippen LogP contribution in [0.15, 0.2) is 24.5 Å². The first-order valence-electron chi connectivity index (χ1n) is 6.10. The highest BCUT2D eigenvalue weighted by atomic mass is 16.5. The molecular weight excluding hydrogens is 272 g/mol. The number of hydrogen-bond donors (Lipinski definition) is 2. The summed E-state index contributed by atoms with van der Waals surface area (Å²) >= 11 is 0. The summed E-state index contributed by atoms with van der Waals surface area (Å²) in [7, 11) is 1.53. The number of nitrogens with zero attached hydrogens (tertiary/aromatic N) is 4. The Balaban J connectivity index is 2.12. The number of aromatic nitrogens is 3. The van der Waals surface area contributed by atoms with E-state index in [2.05, 4.69) is 15.4 Å². The number of nitrogens with one attached hydrogen (secondary N) is 1. The molecule has 8 nitrogen and oxygen atoms in total. The number of hydrogen-bond acceptors (Lipinski definition) is 6. The molecule has 0 bridgehead atoms. The van der Waals surface area contributed by atoms with E-state index >= 15 is 0 Å². The number of rotatable bonds is 4. The molecule has 1 unspecified atom stereocenters. The number of nitrogen functional groups attached to an aromatic ring is 1. The van der Waals surface area contributed by atoms with Gasteiger partial charge < -0.3 is 15.8 Å². The van der Waals surface area contributed by atoms with E-state index in [0.717, 1.165) is 0 Å². The Hall–Kier alpha value is -3.08. The molecule has 21 heavy (non-hydrogen) atoms. The van der Waals surface area contributed by atoms with Crippen LogP contribution >= 0.6 is 0 Å². The summed E-state index contributed by atoms with van der Waals surface area (Å²) in [4.78, 5) is 15.9. The Labute approximate surface area is 121 Å². The smallest absolute Gasteiger partial charge is 0.252 e. The van der Waals surface area contributed by atoms with Crippen molar-refractivity contribution in [1.29, 1.82) is 5.26 Å². The highest BCUT2D eigenvalue weighted by molar-refractivity contribution is 5.96. The van der Waals surface area contributed by atoms with Gasteiger partial charge in [-0.15, -0.1) is 5.10 Å². The number of amides is 1. The molecule has 2 aromatic rings. The quantitative estimate of drug-likeness (QED) is 0.807. The van der Waals surface area contributed by atoms with Crippen molar-refractivity contribution >= 4 is 17.3 Å². The number of nitrogens with two attached hydrogens (primary N) is 1. The van der Waals surface area contributed by atoms with Gasteiger partial charge in [-0.25, -0.2) is 9.67 Å². The van der Waals surface area contributed by atoms with E-state index in [1.165, 1.54) is 18.1 Å². The number of carbonyl (C=O) groups excluding carboxylic acids is 1. The Bertz CT molecular complexity index is 703. The highest BCUT2D eigenvalue weighted by Crippen LogP contribution is 2.24. The van der Waals surface area contributed by atoms with E-state index in [-0.39, 0.29) is 11.7 Å². The molecule has 0 radical (unpaired) electrons. The van der Waals surface area contributed by atoms with E-state index < -0.39 is 6.04 Å². The number of methoxy groups -OCH3 is 1. The second-order valence-corrected chi connectivity index (χ2v) is 4.28. The van der Waals surface area contributed by atoms with Crippen molar-refractivity contribution < 1.29 is 9.53 Å². The average Bonchev–Trinajstić information content (AvgIpc) is 2.97. The Kier molecular flexibility index (Phi) is 4.04. The summed E-state index contributed by atoms with van der Waals surface area (Å²) in [6.45, 7) is 1.64. The van der Waals surface area contributed by atoms with E-state index in [1.807, 2.05) is 0 Å². The average molecular weight is 286 g/mol. The first kappa shape index (κ1) is 14.3. The first-order valence-corrected chi connectivity index (χ1v) is 6.10. The first-order chi connectivity index (χ1) is 10.0. The number of nitriles is 1. The molecule has 3 N–H and O–H groups in total. The van der Waals surface area contributed by atoms with Gasteiger partial charge in [-0.05, 0) is 19.1 Å². The van der Waals surface area contributed by atoms with E-state index in [0.29, 0.717) is 17.1 Å². The number of anilines is 2. The Morgan fingerprint density at radius 3 is 2.90 bits per heavy atom. The van der Waals surface area contributed by atoms with Crippen LogP contribution in [0.4, 0.5) is 11.4 Å². The van der Waals surface area contributed by atoms with Crippen LogP contribution in [0.1, 0.15) is 18.8 Å². The van der Waals surface area contributed by atoms with Crippen molar-refractivity contribution in [2.45, 2.75) is 13.0 Å². The summed E-state index contributed by atoms with van der Waals surface area (Å²) in [5.74, 6) is 0.299. The molecule has 0 aliphatic heterocycles. The summed E-state index contributed by atoms with van der Waals surface area (Å²) < 4.78 is 6.35. The lowest BCUT2D eigenvalue weighted by Crippen LogP contribution is -2.24. The van der Waals surface area contributed by atoms with Gasteiger partial charge in [0.2, 0.25) is 5.91 Å². The van der Waals surface area contributed by atoms with Gasteiger partial charge in [0.1, 0.15) is 24.2 Å². The number of ether oxygens (including phenoxy) is 1. The summed E-state index contributed by atoms with van der Waals surface area (Å²) in [6, 6.07) is 6.14. The minimum absolute atomic E-state index is 0.0126. The molecule has 0 fully saturated rings. The van der Waals surface area contributed by atoms with Crippen molar-refractivity contribution in [3.8, 4) is 11.8 Å². The molecule has 1 aromatic carbocycles. The van der Waals surface area contributed by atoms with Crippen molar-refractivity contribution in [3.63, 3.8) is 0 Å². The van der Waals surface area contributed by atoms with Crippen LogP contribution in [0.25, 0.3) is 0 Å². The normalized spacial score (nSPS) is 11.5. The fourth-order valence-electron chi connectivity index (χ4n) is 1.65. The molecule has 108 valence electrons. The SMILES string of the molecule is COc1ccc(NC(=O)C(C)n2cnc(C#N)n2)c(N)c1. The second kappa shape index (κ2) is 5.92. The zero-order valence-corrected chi connectivity index (χ0v) is 11.6. The highest BCUT2D eigenvalue weighted by Gasteiger charge is 2.17. The van der Waals surface area contributed by atoms with Gasteiger partial charge in [0.25, 0.3) is 5.82 Å². The van der Waals surface area contributed by atoms with Crippen LogP contribution in [0, 0.1) is 11.3 Å². The summed E-state index contributed by atoms with van der Waals surface area (Å²) in [5.41, 5.74) is 6.71. The van der Waals surface area contributed by atoms with Crippen LogP contribution in [0.5, 0.6) is 5.75 Å². The maximum atomic E-state index is 12.1. The summed E-state index contributed by atoms with van der Waals surface area (Å²) in [6.07, 6.45) is 1.33. The minimum atomic E-state index is -0.624. The van der Waals surface area contributed by atoms with Gasteiger partial charge in [0, 0.05) is 6.07 Å². The second-order valence-electron chi connectivity index (χ2n) is 4.28. The van der Waals surface area contributed by atoms with Gasteiger partial charge in [-0.2, -0.15) is 5.26 Å². The van der Waals surface area contributed by atoms with Gasteiger partial charge in [-0.1, -0.05) is 0 Å². The standard InChI is InChI=1S/C13H14N6O2/c1-8(19-7-16-12(6-14)18-19)13(20)17-11-4-3-9(21-2)5-10(11)15/h3-5,7-8H,15H2,1-2H3,(H,17,20). The van der Waals surface area contributed by atoms with Gasteiger partial charge in [0.15, 0.2) is 0 Å². The zero-order chi connectivity index (χ0) is 15.4. The van der Waals surface area contributed by atoms with E-state index in [1.54, 1.807) is 31.2 Å². The van der Waals surface area contributed by atoms with Crippen LogP contribution in [0.2, 0.25) is 0 Å². The molecule has 0 saturated carbocycles. The van der Waals surface area contributed by atoms with E-state index in [4.69, 9.17) is 15.7 Å². The minimum Gasteiger partial charge on any atom is -0.497 e. The molecule has 1 atom stereocenters. The lowest BCUT2D eigenvalue weighted by atomic mass is 10.2. The molecule has 2 rings (SSSR count). The van der Waals surface area contributed by atoms with Gasteiger partial charge in [0.05, 0.1) is 18.5 Å². The largest absolute Gasteiger partial charge is 0.497 e. The lowest BCUT2D eigenvalue weighted by Gasteiger charge is -2.14. The van der Waals surface area contributed by atoms with Crippen LogP contribution in [0.3, 0.4) is 0 Å². The topological polar surface area (TPSA) is 119 Å². The molecule has 1 amide bonds. The molecule has 8 heteroatoms. The van der Waals surface area contributed by atoms with Crippen molar-refractivity contribution in [2.75, 3.05) is 18.2 Å². The number of carbonyl (C=O) groups is 1. The maximum absolute atomic E-state index is 12.1. The molecule has 0 spiro atoms. The number of benzene rings is 1. The Morgan fingerprint density at radius 2 is 2.33 bits per heavy atom. The summed E-state index contributed by atoms with van der Waals surface area (Å²) in [5, 5.41) is 15.2. The fraction of sp³-hybridized carbons (Fsp3) is 0.231. The van der Waals surface area contributed by atoms with Crippen molar-refractivity contribution in [2.24, 2.45) is 0 Å². The third-order valence-corrected chi connectivity index (χ3v) is 2.90. The molecule has 0 saturated heterocycles. The monoisotopic (exact) mass is 286 g/mol. The molecular formula is C13H14N6O2. The Morgan fingerprint density at radius 1 is 1.57 bits per heavy atom. The predicted octanol–water partition coefficient (Wildman–Crippen LogP) is 0.940. The van der Waals surface area contributed by atoms with Crippen molar-refractivity contribution in [1.82, 2.24) is 14.8 Å². The van der Waals surface area contributed by atoms with Crippen LogP contribution in [-0.2, 0) is 4.79 Å². The third-order valence-electron chi connectivity index (χ3n) is 2.90. The third kappa shape index (κ3) is 3.09. The maximum Gasteiger partial charge on any atom is 0.252 e. The van der Waals surface area contributed by atoms with Gasteiger partial charge in [-0.3, -0.25) is 4.79 Å². The van der Waals surface area contributed by atoms with Crippen LogP contribution < -0.4 is 15.8 Å². The predicted molar refractivity (Wildman–Crippen MR) is 75.5 cm³/mol. The van der Waals surface area contributed by atoms with Crippen LogP contribution in [-0.4, -0.2) is 27.8 Å². The molecule has 1 aromatic heterocycles. The fourth-order valence-corrected chi connectivity index (χ4v) is 1.65. The lowest BCUT2D eigenvalue weighted by molar-refractivity contribution is -0.119. The zero-order valence-electron chi connectivity index (χ0n) is 11.6. The molecule has 0 aliphatic rings. The molecule has 1 heterocycles. The van der Waals surface area contributed by atoms with E-state index in [9.17, 15) is 4.79 Å². The van der Waals surface area contributed by atoms with Gasteiger partial charge >= 0.3 is 0 Å².